The molecule has 0 aromatic heterocycles. The molecule has 10 heteroatoms. The van der Waals surface area contributed by atoms with Gasteiger partial charge in [0.15, 0.2) is 0 Å². The van der Waals surface area contributed by atoms with Gasteiger partial charge in [0, 0.05) is 41.7 Å². The van der Waals surface area contributed by atoms with Crippen LogP contribution in [0.25, 0.3) is 0 Å². The van der Waals surface area contributed by atoms with Crippen molar-refractivity contribution >= 4 is 0 Å². The molecular formula is H4CeN3O6-. The van der Waals surface area contributed by atoms with Gasteiger partial charge in [-0.2, -0.15) is 0 Å². The predicted molar refractivity (Wildman–Crippen MR) is 26.7 cm³/mol. The van der Waals surface area contributed by atoms with Crippen LogP contribution < -0.4 is 6.15 Å². The SMILES string of the molecule is O=[N+]([O-])[O-].O=[N+]([O-])[O-].[Ce].[NH4+]. The van der Waals surface area contributed by atoms with E-state index in [9.17, 15) is 0 Å². The monoisotopic (exact) mass is 282 g/mol. The van der Waals surface area contributed by atoms with Crippen LogP contribution in [0.1, 0.15) is 0 Å². The van der Waals surface area contributed by atoms with Gasteiger partial charge in [0.05, 0.1) is 10.2 Å². The molecule has 0 bridgehead atoms. The maximum atomic E-state index is 8.25. The maximum absolute atomic E-state index is 8.25. The molecule has 4 N–H and O–H groups in total. The van der Waals surface area contributed by atoms with Crippen LogP contribution in [0.2, 0.25) is 0 Å². The van der Waals surface area contributed by atoms with Crippen molar-refractivity contribution in [2.24, 2.45) is 0 Å². The first kappa shape index (κ1) is 22.6. The van der Waals surface area contributed by atoms with Crippen LogP contribution in [0.15, 0.2) is 0 Å². The van der Waals surface area contributed by atoms with E-state index in [1.165, 1.54) is 0 Å². The summed E-state index contributed by atoms with van der Waals surface area (Å²) in [5.74, 6) is 0. The zero-order valence-electron chi connectivity index (χ0n) is 4.84. The van der Waals surface area contributed by atoms with Crippen LogP contribution >= 0.6 is 0 Å². The fourth-order valence-electron chi connectivity index (χ4n) is 0. The molecule has 0 atom stereocenters. The van der Waals surface area contributed by atoms with Crippen LogP contribution in [0.3, 0.4) is 0 Å². The second kappa shape index (κ2) is 15.9. The zero-order valence-corrected chi connectivity index (χ0v) is 7.98. The topological polar surface area (TPSA) is 169 Å². The van der Waals surface area contributed by atoms with E-state index >= 15 is 0 Å². The standard InChI is InChI=1S/Ce.2NO3.H3N/c;2*2-1(3)4;/h;;;1H3/q;2*-1;/p+1. The minimum absolute atomic E-state index is 0. The minimum atomic E-state index is -1.75. The van der Waals surface area contributed by atoms with Crippen LogP contribution in [-0.2, 0) is 0 Å². The fraction of sp³-hybridized carbons (Fsp3) is 0. The van der Waals surface area contributed by atoms with Gasteiger partial charge >= 0.3 is 0 Å². The van der Waals surface area contributed by atoms with Crippen molar-refractivity contribution in [1.82, 2.24) is 6.15 Å². The van der Waals surface area contributed by atoms with Crippen molar-refractivity contribution in [1.29, 1.82) is 0 Å². The van der Waals surface area contributed by atoms with Gasteiger partial charge in [-0.25, -0.2) is 0 Å². The third kappa shape index (κ3) is 5060. The Morgan fingerprint density at radius 2 is 0.800 bits per heavy atom. The Morgan fingerprint density at radius 1 is 0.800 bits per heavy atom. The summed E-state index contributed by atoms with van der Waals surface area (Å²) in [6.07, 6.45) is 0. The summed E-state index contributed by atoms with van der Waals surface area (Å²) in [6, 6.07) is 0. The van der Waals surface area contributed by atoms with Crippen molar-refractivity contribution in [2.45, 2.75) is 0 Å². The largest absolute Gasteiger partial charge is 0.369 e. The molecule has 0 spiro atoms. The first-order chi connectivity index (χ1) is 3.46. The van der Waals surface area contributed by atoms with Crippen molar-refractivity contribution in [3.63, 3.8) is 0 Å². The molecule has 0 rings (SSSR count). The summed E-state index contributed by atoms with van der Waals surface area (Å²) in [5, 5.41) is 29.5. The third-order valence-corrected chi connectivity index (χ3v) is 0. The molecule has 0 unspecified atom stereocenters. The number of nitrogens with zero attached hydrogens (tertiary/aromatic N) is 2. The first-order valence-electron chi connectivity index (χ1n) is 1.10. The van der Waals surface area contributed by atoms with Gasteiger partial charge in [-0.05, 0) is 0 Å². The van der Waals surface area contributed by atoms with Crippen molar-refractivity contribution < 1.29 is 51.9 Å². The molecule has 0 aliphatic heterocycles. The molecule has 0 aliphatic rings. The van der Waals surface area contributed by atoms with E-state index in [2.05, 4.69) is 0 Å². The summed E-state index contributed by atoms with van der Waals surface area (Å²) < 4.78 is 0. The van der Waals surface area contributed by atoms with E-state index < -0.39 is 10.2 Å². The molecule has 9 nitrogen and oxygen atoms in total. The van der Waals surface area contributed by atoms with E-state index in [0.29, 0.717) is 0 Å². The third-order valence-electron chi connectivity index (χ3n) is 0. The Morgan fingerprint density at radius 3 is 0.800 bits per heavy atom. The Kier molecular flexibility index (Phi) is 35.9. The molecule has 60 valence electrons. The van der Waals surface area contributed by atoms with Gasteiger partial charge < -0.3 is 36.8 Å². The Labute approximate surface area is 88.2 Å². The van der Waals surface area contributed by atoms with Gasteiger partial charge in [0.1, 0.15) is 0 Å². The molecule has 0 aliphatic carbocycles. The average molecular weight is 282 g/mol. The smallest absolute Gasteiger partial charge is 0.0689 e. The summed E-state index contributed by atoms with van der Waals surface area (Å²) in [6.45, 7) is 0. The van der Waals surface area contributed by atoms with E-state index in [4.69, 9.17) is 30.6 Å². The summed E-state index contributed by atoms with van der Waals surface area (Å²) >= 11 is 0. The number of rotatable bonds is 0. The molecule has 0 heterocycles. The van der Waals surface area contributed by atoms with Gasteiger partial charge in [-0.1, -0.05) is 0 Å². The Hall–Kier alpha value is -0.263. The Bertz CT molecular complexity index is 71.0. The van der Waals surface area contributed by atoms with Crippen LogP contribution in [0, 0.1) is 72.4 Å². The Balaban J connectivity index is -0.0000000300. The molecule has 0 saturated carbocycles. The maximum Gasteiger partial charge on any atom is 0.0689 e. The molecule has 0 radical (unpaired) electrons. The molecular weight excluding hydrogens is 278 g/mol. The van der Waals surface area contributed by atoms with Gasteiger partial charge in [0.2, 0.25) is 0 Å². The predicted octanol–water partition coefficient (Wildman–Crippen LogP) is -0.102. The molecule has 0 aromatic rings. The van der Waals surface area contributed by atoms with Crippen LogP contribution in [0.5, 0.6) is 0 Å². The minimum Gasteiger partial charge on any atom is -0.369 e. The number of hydrogen-bond donors (Lipinski definition) is 1. The molecule has 0 aromatic carbocycles. The molecule has 0 saturated heterocycles. The summed E-state index contributed by atoms with van der Waals surface area (Å²) in [7, 11) is 0. The van der Waals surface area contributed by atoms with Crippen molar-refractivity contribution in [2.75, 3.05) is 0 Å². The van der Waals surface area contributed by atoms with Crippen LogP contribution in [-0.4, -0.2) is 10.2 Å². The number of quaternary nitrogens is 1. The van der Waals surface area contributed by atoms with Gasteiger partial charge in [0.25, 0.3) is 0 Å². The van der Waals surface area contributed by atoms with Crippen LogP contribution in [0.4, 0.5) is 0 Å². The molecule has 10 heavy (non-hydrogen) atoms. The van der Waals surface area contributed by atoms with Crippen molar-refractivity contribution in [3.8, 4) is 0 Å². The normalized spacial score (nSPS) is 4.80. The van der Waals surface area contributed by atoms with Gasteiger partial charge in [-0.15, -0.1) is 0 Å². The average Bonchev–Trinajstić information content (AvgIpc) is 1.25. The summed E-state index contributed by atoms with van der Waals surface area (Å²) in [5.41, 5.74) is 0. The van der Waals surface area contributed by atoms with Crippen molar-refractivity contribution in [3.05, 3.63) is 30.6 Å². The van der Waals surface area contributed by atoms with E-state index in [1.807, 2.05) is 0 Å². The number of hydrogen-bond acceptors (Lipinski definition) is 6. The second-order valence-corrected chi connectivity index (χ2v) is 0.447. The molecule has 0 fully saturated rings. The summed E-state index contributed by atoms with van der Waals surface area (Å²) in [4.78, 5) is 16.5. The molecule has 0 amide bonds. The van der Waals surface area contributed by atoms with E-state index in [0.717, 1.165) is 0 Å². The first-order valence-corrected chi connectivity index (χ1v) is 1.10. The van der Waals surface area contributed by atoms with E-state index in [-0.39, 0.29) is 47.9 Å². The quantitative estimate of drug-likeness (QED) is 0.480. The van der Waals surface area contributed by atoms with E-state index in [1.54, 1.807) is 0 Å². The fourth-order valence-corrected chi connectivity index (χ4v) is 0. The van der Waals surface area contributed by atoms with Gasteiger partial charge in [-0.3, -0.25) is 0 Å². The second-order valence-electron chi connectivity index (χ2n) is 0.447. The zero-order chi connectivity index (χ0) is 7.15.